The Labute approximate surface area is 99.2 Å². The number of nitrogens with one attached hydrogen (secondary N) is 1. The summed E-state index contributed by atoms with van der Waals surface area (Å²) in [5, 5.41) is 12.2. The summed E-state index contributed by atoms with van der Waals surface area (Å²) < 4.78 is 5.83. The van der Waals surface area contributed by atoms with Crippen LogP contribution in [-0.4, -0.2) is 24.8 Å². The van der Waals surface area contributed by atoms with Crippen LogP contribution in [-0.2, 0) is 4.74 Å². The monoisotopic (exact) mass is 224 g/mol. The second-order valence-electron chi connectivity index (χ2n) is 4.95. The Bertz CT molecular complexity index is 214. The maximum Gasteiger partial charge on any atom is 0.119 e. The van der Waals surface area contributed by atoms with Gasteiger partial charge in [-0.25, -0.2) is 0 Å². The normalized spacial score (nSPS) is 20.4. The first-order valence-corrected chi connectivity index (χ1v) is 6.49. The van der Waals surface area contributed by atoms with E-state index in [0.29, 0.717) is 18.8 Å². The highest BCUT2D eigenvalue weighted by molar-refractivity contribution is 4.90. The van der Waals surface area contributed by atoms with E-state index >= 15 is 0 Å². The molecular formula is C13H24N2O. The van der Waals surface area contributed by atoms with Gasteiger partial charge in [-0.05, 0) is 26.7 Å². The van der Waals surface area contributed by atoms with Crippen molar-refractivity contribution >= 4 is 0 Å². The summed E-state index contributed by atoms with van der Waals surface area (Å²) in [5.41, 5.74) is 0. The molecule has 1 atom stereocenters. The van der Waals surface area contributed by atoms with Gasteiger partial charge in [0.1, 0.15) is 6.04 Å². The fraction of sp³-hybridized carbons (Fsp3) is 0.923. The molecule has 0 aromatic rings. The summed E-state index contributed by atoms with van der Waals surface area (Å²) in [4.78, 5) is 0. The minimum Gasteiger partial charge on any atom is -0.375 e. The van der Waals surface area contributed by atoms with Gasteiger partial charge in [0.25, 0.3) is 0 Å². The number of nitrogens with zero attached hydrogens (tertiary/aromatic N) is 1. The van der Waals surface area contributed by atoms with E-state index in [1.807, 2.05) is 0 Å². The molecule has 0 bridgehead atoms. The molecule has 0 aliphatic heterocycles. The van der Waals surface area contributed by atoms with Crippen molar-refractivity contribution in [2.24, 2.45) is 0 Å². The number of hydrogen-bond acceptors (Lipinski definition) is 3. The van der Waals surface area contributed by atoms with Crippen LogP contribution in [0.5, 0.6) is 0 Å². The summed E-state index contributed by atoms with van der Waals surface area (Å²) in [6.07, 6.45) is 7.95. The summed E-state index contributed by atoms with van der Waals surface area (Å²) in [6.45, 7) is 4.63. The van der Waals surface area contributed by atoms with Crippen LogP contribution < -0.4 is 5.32 Å². The molecule has 1 fully saturated rings. The molecule has 3 nitrogen and oxygen atoms in total. The van der Waals surface area contributed by atoms with E-state index in [-0.39, 0.29) is 6.04 Å². The summed E-state index contributed by atoms with van der Waals surface area (Å²) in [6, 6.07) is 2.42. The third kappa shape index (κ3) is 5.48. The third-order valence-electron chi connectivity index (χ3n) is 2.99. The molecule has 1 rings (SSSR count). The zero-order chi connectivity index (χ0) is 11.8. The smallest absolute Gasteiger partial charge is 0.119 e. The summed E-state index contributed by atoms with van der Waals surface area (Å²) in [7, 11) is 0. The van der Waals surface area contributed by atoms with Crippen LogP contribution in [0.15, 0.2) is 0 Å². The van der Waals surface area contributed by atoms with Gasteiger partial charge in [0.05, 0.1) is 18.8 Å². The highest BCUT2D eigenvalue weighted by Gasteiger charge is 2.15. The molecule has 0 heterocycles. The predicted molar refractivity (Wildman–Crippen MR) is 65.1 cm³/mol. The van der Waals surface area contributed by atoms with Crippen LogP contribution in [0.1, 0.15) is 52.4 Å². The lowest BCUT2D eigenvalue weighted by molar-refractivity contribution is 0.0356. The fourth-order valence-electron chi connectivity index (χ4n) is 2.17. The lowest BCUT2D eigenvalue weighted by Gasteiger charge is -2.19. The van der Waals surface area contributed by atoms with Crippen LogP contribution in [0.3, 0.4) is 0 Å². The molecule has 92 valence electrons. The van der Waals surface area contributed by atoms with Gasteiger partial charge in [-0.3, -0.25) is 5.32 Å². The van der Waals surface area contributed by atoms with Crippen molar-refractivity contribution in [3.05, 3.63) is 0 Å². The van der Waals surface area contributed by atoms with Gasteiger partial charge in [-0.1, -0.05) is 25.7 Å². The van der Waals surface area contributed by atoms with Crippen molar-refractivity contribution in [2.75, 3.05) is 6.61 Å². The lowest BCUT2D eigenvalue weighted by Crippen LogP contribution is -2.38. The molecule has 16 heavy (non-hydrogen) atoms. The Morgan fingerprint density at radius 3 is 2.38 bits per heavy atom. The van der Waals surface area contributed by atoms with Gasteiger partial charge in [-0.2, -0.15) is 5.26 Å². The quantitative estimate of drug-likeness (QED) is 0.730. The van der Waals surface area contributed by atoms with Gasteiger partial charge >= 0.3 is 0 Å². The predicted octanol–water partition coefficient (Wildman–Crippen LogP) is 2.62. The number of ether oxygens (including phenoxy) is 1. The third-order valence-corrected chi connectivity index (χ3v) is 2.99. The van der Waals surface area contributed by atoms with Crippen LogP contribution in [0.4, 0.5) is 0 Å². The molecule has 1 N–H and O–H groups in total. The molecule has 1 aliphatic carbocycles. The van der Waals surface area contributed by atoms with Crippen molar-refractivity contribution in [1.82, 2.24) is 5.32 Å². The lowest BCUT2D eigenvalue weighted by atomic mass is 10.1. The van der Waals surface area contributed by atoms with Crippen LogP contribution in [0.25, 0.3) is 0 Å². The Morgan fingerprint density at radius 2 is 1.88 bits per heavy atom. The average Bonchev–Trinajstić information content (AvgIpc) is 2.52. The zero-order valence-electron chi connectivity index (χ0n) is 10.5. The first kappa shape index (κ1) is 13.5. The van der Waals surface area contributed by atoms with Gasteiger partial charge in [0.15, 0.2) is 0 Å². The zero-order valence-corrected chi connectivity index (χ0v) is 10.5. The average molecular weight is 224 g/mol. The Balaban J connectivity index is 2.23. The van der Waals surface area contributed by atoms with Crippen LogP contribution in [0.2, 0.25) is 0 Å². The molecule has 1 saturated carbocycles. The van der Waals surface area contributed by atoms with E-state index in [4.69, 9.17) is 10.00 Å². The Kier molecular flexibility index (Phi) is 6.44. The van der Waals surface area contributed by atoms with E-state index in [9.17, 15) is 0 Å². The van der Waals surface area contributed by atoms with E-state index in [1.165, 1.54) is 38.5 Å². The van der Waals surface area contributed by atoms with E-state index in [2.05, 4.69) is 25.2 Å². The SMILES string of the molecule is CC(C)NC(C#N)COC1CCCCCC1. The van der Waals surface area contributed by atoms with Crippen molar-refractivity contribution in [1.29, 1.82) is 5.26 Å². The fourth-order valence-corrected chi connectivity index (χ4v) is 2.17. The van der Waals surface area contributed by atoms with E-state index in [1.54, 1.807) is 0 Å². The Hall–Kier alpha value is -0.590. The van der Waals surface area contributed by atoms with E-state index < -0.39 is 0 Å². The van der Waals surface area contributed by atoms with Crippen molar-refractivity contribution in [3.63, 3.8) is 0 Å². The molecule has 0 aromatic heterocycles. The number of rotatable bonds is 5. The standard InChI is InChI=1S/C13H24N2O/c1-11(2)15-12(9-14)10-16-13-7-5-3-4-6-8-13/h11-13,15H,3-8,10H2,1-2H3. The molecule has 1 aliphatic rings. The second-order valence-corrected chi connectivity index (χ2v) is 4.95. The first-order valence-electron chi connectivity index (χ1n) is 6.49. The number of hydrogen-bond donors (Lipinski definition) is 1. The Morgan fingerprint density at radius 1 is 1.25 bits per heavy atom. The largest absolute Gasteiger partial charge is 0.375 e. The molecule has 1 unspecified atom stereocenters. The van der Waals surface area contributed by atoms with Crippen molar-refractivity contribution < 1.29 is 4.74 Å². The highest BCUT2D eigenvalue weighted by Crippen LogP contribution is 2.19. The van der Waals surface area contributed by atoms with Gasteiger partial charge in [-0.15, -0.1) is 0 Å². The van der Waals surface area contributed by atoms with Crippen molar-refractivity contribution in [2.45, 2.75) is 70.6 Å². The minimum absolute atomic E-state index is 0.164. The molecule has 0 spiro atoms. The summed E-state index contributed by atoms with van der Waals surface area (Å²) in [5.74, 6) is 0. The maximum absolute atomic E-state index is 8.97. The number of nitriles is 1. The van der Waals surface area contributed by atoms with Gasteiger partial charge in [0, 0.05) is 6.04 Å². The minimum atomic E-state index is -0.164. The second kappa shape index (κ2) is 7.65. The van der Waals surface area contributed by atoms with Crippen LogP contribution >= 0.6 is 0 Å². The topological polar surface area (TPSA) is 45.0 Å². The molecule has 0 saturated heterocycles. The van der Waals surface area contributed by atoms with Gasteiger partial charge < -0.3 is 4.74 Å². The van der Waals surface area contributed by atoms with Crippen molar-refractivity contribution in [3.8, 4) is 6.07 Å². The molecular weight excluding hydrogens is 200 g/mol. The van der Waals surface area contributed by atoms with Gasteiger partial charge in [0.2, 0.25) is 0 Å². The van der Waals surface area contributed by atoms with E-state index in [0.717, 1.165) is 0 Å². The molecule has 3 heteroatoms. The van der Waals surface area contributed by atoms with Crippen LogP contribution in [0, 0.1) is 11.3 Å². The molecule has 0 radical (unpaired) electrons. The highest BCUT2D eigenvalue weighted by atomic mass is 16.5. The first-order chi connectivity index (χ1) is 7.72. The maximum atomic E-state index is 8.97. The summed E-state index contributed by atoms with van der Waals surface area (Å²) >= 11 is 0. The molecule has 0 amide bonds. The molecule has 0 aromatic carbocycles.